The molecule has 152 valence electrons. The third kappa shape index (κ3) is 5.52. The van der Waals surface area contributed by atoms with Crippen LogP contribution in [-0.4, -0.2) is 51.8 Å². The minimum Gasteiger partial charge on any atom is -0.493 e. The SMILES string of the molecule is COc1cc(CNC(=O)C(C)S(=O)(=O)C2CCOCC2)ccc1OC(F)F. The monoisotopic (exact) mass is 407 g/mol. The predicted molar refractivity (Wildman–Crippen MR) is 93.7 cm³/mol. The molecule has 1 atom stereocenters. The fourth-order valence-electron chi connectivity index (χ4n) is 2.79. The molecule has 0 radical (unpaired) electrons. The number of carbonyl (C=O) groups is 1. The highest BCUT2D eigenvalue weighted by atomic mass is 32.2. The van der Waals surface area contributed by atoms with E-state index < -0.39 is 32.9 Å². The van der Waals surface area contributed by atoms with Gasteiger partial charge in [0.15, 0.2) is 21.3 Å². The summed E-state index contributed by atoms with van der Waals surface area (Å²) in [5, 5.41) is 0.786. The van der Waals surface area contributed by atoms with E-state index in [1.54, 1.807) is 0 Å². The van der Waals surface area contributed by atoms with Gasteiger partial charge in [0, 0.05) is 19.8 Å². The van der Waals surface area contributed by atoms with Gasteiger partial charge in [-0.05, 0) is 37.5 Å². The van der Waals surface area contributed by atoms with Crippen LogP contribution in [0, 0.1) is 0 Å². The molecule has 1 unspecified atom stereocenters. The lowest BCUT2D eigenvalue weighted by Gasteiger charge is -2.25. The maximum Gasteiger partial charge on any atom is 0.387 e. The molecular formula is C17H23F2NO6S. The molecule has 0 spiro atoms. The van der Waals surface area contributed by atoms with Crippen LogP contribution in [-0.2, 0) is 25.9 Å². The Morgan fingerprint density at radius 1 is 1.30 bits per heavy atom. The first-order chi connectivity index (χ1) is 12.8. The number of hydrogen-bond donors (Lipinski definition) is 1. The van der Waals surface area contributed by atoms with Crippen LogP contribution in [0.5, 0.6) is 11.5 Å². The summed E-state index contributed by atoms with van der Waals surface area (Å²) < 4.78 is 64.3. The highest BCUT2D eigenvalue weighted by Gasteiger charge is 2.36. The van der Waals surface area contributed by atoms with Crippen molar-refractivity contribution in [2.75, 3.05) is 20.3 Å². The van der Waals surface area contributed by atoms with Gasteiger partial charge in [0.25, 0.3) is 0 Å². The van der Waals surface area contributed by atoms with Gasteiger partial charge in [-0.25, -0.2) is 8.42 Å². The summed E-state index contributed by atoms with van der Waals surface area (Å²) in [6, 6.07) is 4.22. The van der Waals surface area contributed by atoms with Crippen LogP contribution < -0.4 is 14.8 Å². The third-order valence-electron chi connectivity index (χ3n) is 4.41. The number of nitrogens with one attached hydrogen (secondary N) is 1. The molecule has 0 saturated carbocycles. The van der Waals surface area contributed by atoms with E-state index in [0.717, 1.165) is 0 Å². The van der Waals surface area contributed by atoms with Crippen molar-refractivity contribution < 1.29 is 36.2 Å². The van der Waals surface area contributed by atoms with Crippen LogP contribution in [0.3, 0.4) is 0 Å². The van der Waals surface area contributed by atoms with Gasteiger partial charge < -0.3 is 19.5 Å². The van der Waals surface area contributed by atoms with Gasteiger partial charge >= 0.3 is 6.61 Å². The van der Waals surface area contributed by atoms with Gasteiger partial charge in [-0.3, -0.25) is 4.79 Å². The van der Waals surface area contributed by atoms with Crippen LogP contribution in [0.15, 0.2) is 18.2 Å². The van der Waals surface area contributed by atoms with Crippen molar-refractivity contribution >= 4 is 15.7 Å². The molecule has 1 heterocycles. The maximum atomic E-state index is 12.6. The first-order valence-corrected chi connectivity index (χ1v) is 10.1. The average Bonchev–Trinajstić information content (AvgIpc) is 2.66. The molecule has 1 amide bonds. The van der Waals surface area contributed by atoms with Crippen molar-refractivity contribution in [2.24, 2.45) is 0 Å². The van der Waals surface area contributed by atoms with E-state index in [1.165, 1.54) is 32.2 Å². The Hall–Kier alpha value is -1.94. The lowest BCUT2D eigenvalue weighted by atomic mass is 10.2. The van der Waals surface area contributed by atoms with Gasteiger partial charge in [-0.15, -0.1) is 0 Å². The fraction of sp³-hybridized carbons (Fsp3) is 0.588. The van der Waals surface area contributed by atoms with Crippen molar-refractivity contribution in [1.29, 1.82) is 0 Å². The first kappa shape index (κ1) is 21.4. The summed E-state index contributed by atoms with van der Waals surface area (Å²) in [4.78, 5) is 12.3. The average molecular weight is 407 g/mol. The molecule has 1 aromatic carbocycles. The first-order valence-electron chi connectivity index (χ1n) is 8.45. The summed E-state index contributed by atoms with van der Waals surface area (Å²) in [7, 11) is -2.31. The maximum absolute atomic E-state index is 12.6. The molecule has 1 saturated heterocycles. The van der Waals surface area contributed by atoms with Crippen LogP contribution in [0.4, 0.5) is 8.78 Å². The van der Waals surface area contributed by atoms with Crippen molar-refractivity contribution in [2.45, 2.75) is 43.4 Å². The number of halogens is 2. The predicted octanol–water partition coefficient (Wildman–Crippen LogP) is 1.90. The molecular weight excluding hydrogens is 384 g/mol. The van der Waals surface area contributed by atoms with E-state index >= 15 is 0 Å². The van der Waals surface area contributed by atoms with E-state index in [4.69, 9.17) is 9.47 Å². The Balaban J connectivity index is 1.99. The normalized spacial score (nSPS) is 16.8. The minimum absolute atomic E-state index is 0.0256. The highest BCUT2D eigenvalue weighted by molar-refractivity contribution is 7.93. The Bertz CT molecular complexity index is 750. The number of hydrogen-bond acceptors (Lipinski definition) is 6. The number of sulfone groups is 1. The Labute approximate surface area is 156 Å². The van der Waals surface area contributed by atoms with Crippen molar-refractivity contribution in [3.8, 4) is 11.5 Å². The quantitative estimate of drug-likeness (QED) is 0.708. The molecule has 2 rings (SSSR count). The second kappa shape index (κ2) is 9.32. The zero-order chi connectivity index (χ0) is 20.0. The van der Waals surface area contributed by atoms with E-state index in [-0.39, 0.29) is 18.0 Å². The van der Waals surface area contributed by atoms with Gasteiger partial charge in [0.2, 0.25) is 5.91 Å². The van der Waals surface area contributed by atoms with Crippen molar-refractivity contribution in [1.82, 2.24) is 5.32 Å². The lowest BCUT2D eigenvalue weighted by molar-refractivity contribution is -0.120. The standard InChI is InChI=1S/C17H23F2NO6S/c1-11(27(22,23)13-5-7-25-8-6-13)16(21)20-10-12-3-4-14(26-17(18)19)15(9-12)24-2/h3-4,9,11,13,17H,5-8,10H2,1-2H3,(H,20,21). The Morgan fingerprint density at radius 2 is 1.96 bits per heavy atom. The number of benzene rings is 1. The van der Waals surface area contributed by atoms with Crippen LogP contribution in [0.2, 0.25) is 0 Å². The molecule has 1 N–H and O–H groups in total. The topological polar surface area (TPSA) is 90.9 Å². The van der Waals surface area contributed by atoms with E-state index in [9.17, 15) is 22.0 Å². The van der Waals surface area contributed by atoms with Gasteiger partial charge in [-0.1, -0.05) is 6.07 Å². The second-order valence-corrected chi connectivity index (χ2v) is 8.68. The zero-order valence-electron chi connectivity index (χ0n) is 15.1. The molecule has 0 aromatic heterocycles. The molecule has 0 aliphatic carbocycles. The summed E-state index contributed by atoms with van der Waals surface area (Å²) in [5.41, 5.74) is 0.553. The molecule has 10 heteroatoms. The molecule has 1 aromatic rings. The fourth-order valence-corrected chi connectivity index (χ4v) is 4.60. The van der Waals surface area contributed by atoms with E-state index in [0.29, 0.717) is 31.6 Å². The highest BCUT2D eigenvalue weighted by Crippen LogP contribution is 2.29. The summed E-state index contributed by atoms with van der Waals surface area (Å²) in [6.45, 7) is -0.866. The third-order valence-corrected chi connectivity index (χ3v) is 7.01. The molecule has 1 aliphatic rings. The number of rotatable bonds is 8. The van der Waals surface area contributed by atoms with Crippen molar-refractivity contribution in [3.63, 3.8) is 0 Å². The minimum atomic E-state index is -3.62. The van der Waals surface area contributed by atoms with Crippen molar-refractivity contribution in [3.05, 3.63) is 23.8 Å². The Morgan fingerprint density at radius 3 is 2.56 bits per heavy atom. The number of alkyl halides is 2. The number of methoxy groups -OCH3 is 1. The van der Waals surface area contributed by atoms with E-state index in [1.807, 2.05) is 0 Å². The van der Waals surface area contributed by atoms with Gasteiger partial charge in [0.1, 0.15) is 5.25 Å². The molecule has 1 fully saturated rings. The van der Waals surface area contributed by atoms with Crippen LogP contribution in [0.1, 0.15) is 25.3 Å². The molecule has 1 aliphatic heterocycles. The Kier molecular flexibility index (Phi) is 7.37. The van der Waals surface area contributed by atoms with Gasteiger partial charge in [-0.2, -0.15) is 8.78 Å². The molecule has 27 heavy (non-hydrogen) atoms. The molecule has 0 bridgehead atoms. The zero-order valence-corrected chi connectivity index (χ0v) is 15.9. The molecule has 7 nitrogen and oxygen atoms in total. The smallest absolute Gasteiger partial charge is 0.387 e. The largest absolute Gasteiger partial charge is 0.493 e. The van der Waals surface area contributed by atoms with Crippen LogP contribution in [0.25, 0.3) is 0 Å². The lowest BCUT2D eigenvalue weighted by Crippen LogP contribution is -2.43. The number of ether oxygens (including phenoxy) is 3. The van der Waals surface area contributed by atoms with E-state index in [2.05, 4.69) is 10.1 Å². The summed E-state index contributed by atoms with van der Waals surface area (Å²) in [5.74, 6) is -0.656. The van der Waals surface area contributed by atoms with Gasteiger partial charge in [0.05, 0.1) is 12.4 Å². The summed E-state index contributed by atoms with van der Waals surface area (Å²) in [6.07, 6.45) is 0.755. The number of carbonyl (C=O) groups excluding carboxylic acids is 1. The number of amides is 1. The summed E-state index contributed by atoms with van der Waals surface area (Å²) >= 11 is 0. The second-order valence-electron chi connectivity index (χ2n) is 6.12. The van der Waals surface area contributed by atoms with Crippen LogP contribution >= 0.6 is 0 Å².